The lowest BCUT2D eigenvalue weighted by Gasteiger charge is -2.11. The van der Waals surface area contributed by atoms with Crippen molar-refractivity contribution in [2.24, 2.45) is 0 Å². The fourth-order valence-corrected chi connectivity index (χ4v) is 9.76. The number of nitrogens with two attached hydrogens (primary N) is 1. The lowest BCUT2D eigenvalue weighted by atomic mass is 9.95. The van der Waals surface area contributed by atoms with Crippen LogP contribution in [0.2, 0.25) is 0 Å². The molecule has 0 saturated heterocycles. The molecule has 0 atom stereocenters. The van der Waals surface area contributed by atoms with Crippen LogP contribution in [-0.4, -0.2) is 9.13 Å². The smallest absolute Gasteiger partial charge is 0.138 e. The van der Waals surface area contributed by atoms with Gasteiger partial charge >= 0.3 is 0 Å². The van der Waals surface area contributed by atoms with Crippen LogP contribution in [0.4, 0.5) is 5.69 Å². The third-order valence-corrected chi connectivity index (χ3v) is 12.7. The van der Waals surface area contributed by atoms with E-state index in [-0.39, 0.29) is 0 Å². The molecule has 0 saturated carbocycles. The molecule has 3 N–H and O–H groups in total. The predicted octanol–water partition coefficient (Wildman–Crippen LogP) is 14.8. The molecule has 0 radical (unpaired) electrons. The number of aromatic nitrogens is 2. The summed E-state index contributed by atoms with van der Waals surface area (Å²) < 4.78 is 10.6. The van der Waals surface area contributed by atoms with Crippen molar-refractivity contribution in [2.45, 2.75) is 6.92 Å². The van der Waals surface area contributed by atoms with Crippen molar-refractivity contribution in [3.63, 3.8) is 0 Å². The molecule has 0 unspecified atom stereocenters. The summed E-state index contributed by atoms with van der Waals surface area (Å²) in [5.41, 5.74) is 18.8. The van der Waals surface area contributed by atoms with Gasteiger partial charge in [0.1, 0.15) is 11.2 Å². The molecule has 63 heavy (non-hydrogen) atoms. The molecule has 0 aliphatic heterocycles. The zero-order valence-corrected chi connectivity index (χ0v) is 34.5. The van der Waals surface area contributed by atoms with Crippen LogP contribution in [0.3, 0.4) is 0 Å². The van der Waals surface area contributed by atoms with Crippen LogP contribution < -0.4 is 11.1 Å². The topological polar surface area (TPSA) is 72.9 Å². The van der Waals surface area contributed by atoms with E-state index in [0.717, 1.165) is 5.39 Å². The van der Waals surface area contributed by atoms with Crippen molar-refractivity contribution >= 4 is 92.8 Å². The maximum absolute atomic E-state index is 8.13. The third-order valence-electron chi connectivity index (χ3n) is 12.7. The summed E-state index contributed by atoms with van der Waals surface area (Å²) in [7, 11) is 0. The maximum Gasteiger partial charge on any atom is 0.138 e. The minimum Gasteiger partial charge on any atom is -0.456 e. The van der Waals surface area contributed by atoms with Gasteiger partial charge in [0, 0.05) is 44.0 Å². The average Bonchev–Trinajstić information content (AvgIpc) is 3.86. The SMILES string of the molecule is Cc1ccc(-n2c3ccccc3c3c4ccc5ccc6c(c7ccccc7n6-c6ccc(-c7ccccc7)cc6)c5c4ccc32)cc1.N=c1c2ccccc2oc2cccc(N)c12. The van der Waals surface area contributed by atoms with E-state index in [0.29, 0.717) is 27.6 Å². The molecule has 3 aromatic heterocycles. The first-order valence-electron chi connectivity index (χ1n) is 21.3. The van der Waals surface area contributed by atoms with E-state index in [2.05, 4.69) is 180 Å². The highest BCUT2D eigenvalue weighted by atomic mass is 16.3. The molecule has 10 aromatic carbocycles. The van der Waals surface area contributed by atoms with Gasteiger partial charge in [-0.05, 0) is 112 Å². The Balaban J connectivity index is 0.000000221. The van der Waals surface area contributed by atoms with E-state index in [1.165, 1.54) is 93.2 Å². The number of rotatable bonds is 3. The average molecular weight is 809 g/mol. The molecule has 3 heterocycles. The van der Waals surface area contributed by atoms with E-state index in [1.807, 2.05) is 36.4 Å². The molecule has 13 aromatic rings. The Labute approximate surface area is 362 Å². The highest BCUT2D eigenvalue weighted by Crippen LogP contribution is 2.43. The molecule has 0 aliphatic rings. The van der Waals surface area contributed by atoms with Gasteiger partial charge in [-0.2, -0.15) is 0 Å². The Morgan fingerprint density at radius 3 is 1.63 bits per heavy atom. The van der Waals surface area contributed by atoms with Crippen molar-refractivity contribution < 1.29 is 4.42 Å². The number of aryl methyl sites for hydroxylation is 1. The van der Waals surface area contributed by atoms with E-state index in [1.54, 1.807) is 6.07 Å². The lowest BCUT2D eigenvalue weighted by molar-refractivity contribution is 0.659. The van der Waals surface area contributed by atoms with Crippen LogP contribution in [-0.2, 0) is 0 Å². The number of para-hydroxylation sites is 3. The zero-order chi connectivity index (χ0) is 42.2. The molecule has 0 fully saturated rings. The van der Waals surface area contributed by atoms with E-state index >= 15 is 0 Å². The van der Waals surface area contributed by atoms with Gasteiger partial charge in [-0.25, -0.2) is 0 Å². The van der Waals surface area contributed by atoms with E-state index in [9.17, 15) is 0 Å². The van der Waals surface area contributed by atoms with Gasteiger partial charge in [-0.1, -0.05) is 139 Å². The maximum atomic E-state index is 8.13. The number of benzene rings is 10. The summed E-state index contributed by atoms with van der Waals surface area (Å²) in [4.78, 5) is 0. The monoisotopic (exact) mass is 808 g/mol. The van der Waals surface area contributed by atoms with E-state index < -0.39 is 0 Å². The summed E-state index contributed by atoms with van der Waals surface area (Å²) in [6.07, 6.45) is 0. The van der Waals surface area contributed by atoms with Crippen LogP contribution in [0.15, 0.2) is 211 Å². The van der Waals surface area contributed by atoms with Gasteiger partial charge in [-0.3, -0.25) is 5.41 Å². The number of anilines is 1. The number of fused-ring (bicyclic) bond motifs is 13. The van der Waals surface area contributed by atoms with Gasteiger partial charge in [0.05, 0.1) is 32.8 Å². The molecule has 298 valence electrons. The van der Waals surface area contributed by atoms with Crippen molar-refractivity contribution in [1.82, 2.24) is 9.13 Å². The molecular formula is C58H40N4O. The minimum atomic E-state index is 0.426. The molecular weight excluding hydrogens is 769 g/mol. The molecule has 0 amide bonds. The summed E-state index contributed by atoms with van der Waals surface area (Å²) >= 11 is 0. The Morgan fingerprint density at radius 1 is 0.381 bits per heavy atom. The number of nitrogen functional groups attached to an aromatic ring is 1. The second-order valence-corrected chi connectivity index (χ2v) is 16.3. The van der Waals surface area contributed by atoms with Crippen LogP contribution in [0, 0.1) is 12.3 Å². The fraction of sp³-hybridized carbons (Fsp3) is 0.0172. The molecule has 13 rings (SSSR count). The molecule has 0 aliphatic carbocycles. The van der Waals surface area contributed by atoms with Gasteiger partial charge in [0.15, 0.2) is 0 Å². The standard InChI is InChI=1S/C45H30N2.C13H10N2O/c1-29-15-21-33(22-16-29)46-39-13-7-5-11-37(39)44-36-25-19-32-20-27-42-45(43(32)35(36)26-28-41(44)46)38-12-6-8-14-40(38)47(42)34-23-17-31(18-24-34)30-9-3-2-4-10-30;14-9-5-3-7-11-12(9)13(15)8-4-1-2-6-10(8)16-11/h2-28H,1H3;1-7,15H,14H2. The Hall–Kier alpha value is -8.41. The van der Waals surface area contributed by atoms with Gasteiger partial charge < -0.3 is 19.3 Å². The lowest BCUT2D eigenvalue weighted by Crippen LogP contribution is -2.05. The predicted molar refractivity (Wildman–Crippen MR) is 264 cm³/mol. The largest absolute Gasteiger partial charge is 0.456 e. The number of hydrogen-bond acceptors (Lipinski definition) is 3. The number of hydrogen-bond donors (Lipinski definition) is 2. The van der Waals surface area contributed by atoms with Crippen molar-refractivity contribution in [2.75, 3.05) is 5.73 Å². The van der Waals surface area contributed by atoms with Crippen LogP contribution in [0.5, 0.6) is 0 Å². The highest BCUT2D eigenvalue weighted by molar-refractivity contribution is 6.32. The molecule has 5 nitrogen and oxygen atoms in total. The van der Waals surface area contributed by atoms with Crippen LogP contribution in [0.1, 0.15) is 5.56 Å². The third kappa shape index (κ3) is 5.74. The fourth-order valence-electron chi connectivity index (χ4n) is 9.76. The van der Waals surface area contributed by atoms with Crippen LogP contribution >= 0.6 is 0 Å². The summed E-state index contributed by atoms with van der Waals surface area (Å²) in [6, 6.07) is 73.0. The zero-order valence-electron chi connectivity index (χ0n) is 34.5. The quantitative estimate of drug-likeness (QED) is 0.106. The van der Waals surface area contributed by atoms with E-state index in [4.69, 9.17) is 15.6 Å². The normalized spacial score (nSPS) is 11.7. The first-order valence-corrected chi connectivity index (χ1v) is 21.3. The Morgan fingerprint density at radius 2 is 0.905 bits per heavy atom. The number of nitrogens with zero attached hydrogens (tertiary/aromatic N) is 2. The second kappa shape index (κ2) is 14.4. The van der Waals surface area contributed by atoms with Crippen molar-refractivity contribution in [3.8, 4) is 22.5 Å². The summed E-state index contributed by atoms with van der Waals surface area (Å²) in [5.74, 6) is 0. The molecule has 5 heteroatoms. The number of nitrogens with one attached hydrogen (secondary N) is 1. The van der Waals surface area contributed by atoms with Crippen LogP contribution in [0.25, 0.3) is 110 Å². The molecule has 0 bridgehead atoms. The first kappa shape index (κ1) is 36.4. The van der Waals surface area contributed by atoms with Gasteiger partial charge in [0.2, 0.25) is 0 Å². The first-order chi connectivity index (χ1) is 31.0. The minimum absolute atomic E-state index is 0.426. The summed E-state index contributed by atoms with van der Waals surface area (Å²) in [5, 5.41) is 20.3. The van der Waals surface area contributed by atoms with Crippen molar-refractivity contribution in [3.05, 3.63) is 217 Å². The Bertz CT molecular complexity index is 3990. The highest BCUT2D eigenvalue weighted by Gasteiger charge is 2.20. The summed E-state index contributed by atoms with van der Waals surface area (Å²) in [6.45, 7) is 2.14. The Kier molecular flexibility index (Phi) is 8.31. The van der Waals surface area contributed by atoms with Crippen molar-refractivity contribution in [1.29, 1.82) is 5.41 Å². The molecule has 0 spiro atoms. The van der Waals surface area contributed by atoms with Gasteiger partial charge in [0.25, 0.3) is 0 Å². The van der Waals surface area contributed by atoms with Gasteiger partial charge in [-0.15, -0.1) is 0 Å². The second-order valence-electron chi connectivity index (χ2n) is 16.3.